The molecule has 110 valence electrons. The van der Waals surface area contributed by atoms with Crippen LogP contribution in [0, 0.1) is 11.5 Å². The lowest BCUT2D eigenvalue weighted by atomic mass is 10.4. The molecule has 0 spiro atoms. The largest absolute Gasteiger partial charge is 0.330 e. The fraction of sp³-hybridized carbons (Fsp3) is 0.500. The standard InChI is InChI=1S/C16H28N2Si2/c1-19(2,13-5-11-17)15-7-9-16(10-8-15)20(3,4)14-6-12-18/h7-10H,5,11-13,17-18H2,1-4H3. The summed E-state index contributed by atoms with van der Waals surface area (Å²) >= 11 is 0. The molecule has 0 unspecified atom stereocenters. The summed E-state index contributed by atoms with van der Waals surface area (Å²) in [5, 5.41) is 2.91. The zero-order valence-corrected chi connectivity index (χ0v) is 15.3. The van der Waals surface area contributed by atoms with Gasteiger partial charge in [0.2, 0.25) is 0 Å². The van der Waals surface area contributed by atoms with Gasteiger partial charge in [0.15, 0.2) is 8.07 Å². The maximum absolute atomic E-state index is 5.64. The quantitative estimate of drug-likeness (QED) is 0.638. The molecule has 0 fully saturated rings. The summed E-state index contributed by atoms with van der Waals surface area (Å²) in [6.07, 6.45) is 1.13. The number of nitrogens with two attached hydrogens (primary N) is 2. The number of rotatable bonds is 5. The van der Waals surface area contributed by atoms with Crippen molar-refractivity contribution in [1.82, 2.24) is 0 Å². The highest BCUT2D eigenvalue weighted by atomic mass is 28.3. The summed E-state index contributed by atoms with van der Waals surface area (Å²) in [5.74, 6) is 3.04. The Bertz CT molecular complexity index is 481. The fourth-order valence-electron chi connectivity index (χ4n) is 2.37. The summed E-state index contributed by atoms with van der Waals surface area (Å²) in [4.78, 5) is 0. The molecule has 4 N–H and O–H groups in total. The van der Waals surface area contributed by atoms with Gasteiger partial charge in [-0.3, -0.25) is 0 Å². The second-order valence-electron chi connectivity index (χ2n) is 6.48. The van der Waals surface area contributed by atoms with Crippen LogP contribution in [0.3, 0.4) is 0 Å². The summed E-state index contributed by atoms with van der Waals surface area (Å²) in [6, 6.07) is 10.5. The van der Waals surface area contributed by atoms with Gasteiger partial charge in [-0.25, -0.2) is 0 Å². The van der Waals surface area contributed by atoms with Crippen LogP contribution < -0.4 is 21.8 Å². The van der Waals surface area contributed by atoms with Gasteiger partial charge in [0.25, 0.3) is 0 Å². The highest BCUT2D eigenvalue weighted by Gasteiger charge is 2.25. The first-order valence-corrected chi connectivity index (χ1v) is 13.6. The van der Waals surface area contributed by atoms with Gasteiger partial charge >= 0.3 is 0 Å². The highest BCUT2D eigenvalue weighted by molar-refractivity contribution is 6.96. The molecule has 1 rings (SSSR count). The minimum Gasteiger partial charge on any atom is -0.330 e. The molecule has 0 amide bonds. The third-order valence-corrected chi connectivity index (χ3v) is 9.98. The molecule has 0 aromatic heterocycles. The Labute approximate surface area is 126 Å². The van der Waals surface area contributed by atoms with Crippen LogP contribution in [0.5, 0.6) is 0 Å². The average molecular weight is 305 g/mol. The Balaban J connectivity index is 2.94. The van der Waals surface area contributed by atoms with Crippen molar-refractivity contribution in [2.24, 2.45) is 11.5 Å². The van der Waals surface area contributed by atoms with Crippen molar-refractivity contribution in [3.05, 3.63) is 24.3 Å². The van der Waals surface area contributed by atoms with Gasteiger partial charge in [-0.1, -0.05) is 67.6 Å². The van der Waals surface area contributed by atoms with E-state index in [2.05, 4.69) is 61.9 Å². The van der Waals surface area contributed by atoms with Crippen LogP contribution in [0.25, 0.3) is 0 Å². The Morgan fingerprint density at radius 3 is 2.00 bits per heavy atom. The van der Waals surface area contributed by atoms with E-state index in [0.29, 0.717) is 6.54 Å². The summed E-state index contributed by atoms with van der Waals surface area (Å²) < 4.78 is 0. The van der Waals surface area contributed by atoms with Crippen LogP contribution in [-0.2, 0) is 0 Å². The molecule has 0 saturated heterocycles. The summed E-state index contributed by atoms with van der Waals surface area (Å²) in [5.41, 5.74) is 14.5. The van der Waals surface area contributed by atoms with Gasteiger partial charge in [-0.15, -0.1) is 5.54 Å². The molecular formula is C16H28N2Si2. The predicted octanol–water partition coefficient (Wildman–Crippen LogP) is 1.37. The van der Waals surface area contributed by atoms with E-state index >= 15 is 0 Å². The molecular weight excluding hydrogens is 276 g/mol. The molecule has 0 saturated carbocycles. The molecule has 0 aliphatic heterocycles. The Hall–Kier alpha value is -0.866. The fourth-order valence-corrected chi connectivity index (χ4v) is 6.50. The normalized spacial score (nSPS) is 11.9. The van der Waals surface area contributed by atoms with Crippen LogP contribution in [0.2, 0.25) is 32.2 Å². The number of hydrogen-bond acceptors (Lipinski definition) is 2. The number of benzene rings is 1. The van der Waals surface area contributed by atoms with Gasteiger partial charge in [0, 0.05) is 0 Å². The van der Waals surface area contributed by atoms with E-state index in [0.717, 1.165) is 13.0 Å². The first-order chi connectivity index (χ1) is 9.33. The summed E-state index contributed by atoms with van der Waals surface area (Å²) in [7, 11) is -2.98. The smallest absolute Gasteiger partial charge is 0.162 e. The minimum absolute atomic E-state index is 0.452. The van der Waals surface area contributed by atoms with Gasteiger partial charge in [-0.2, -0.15) is 0 Å². The van der Waals surface area contributed by atoms with Crippen LogP contribution in [-0.4, -0.2) is 29.2 Å². The molecule has 4 heteroatoms. The van der Waals surface area contributed by atoms with Crippen molar-refractivity contribution in [1.29, 1.82) is 0 Å². The second kappa shape index (κ2) is 7.23. The number of hydrogen-bond donors (Lipinski definition) is 2. The average Bonchev–Trinajstić information content (AvgIpc) is 2.43. The Morgan fingerprint density at radius 2 is 1.50 bits per heavy atom. The maximum atomic E-state index is 5.64. The first kappa shape index (κ1) is 17.2. The molecule has 0 aliphatic carbocycles. The molecule has 0 radical (unpaired) electrons. The van der Waals surface area contributed by atoms with Crippen molar-refractivity contribution in [3.63, 3.8) is 0 Å². The van der Waals surface area contributed by atoms with Crippen LogP contribution in [0.1, 0.15) is 6.42 Å². The molecule has 0 bridgehead atoms. The first-order valence-electron chi connectivity index (χ1n) is 7.34. The van der Waals surface area contributed by atoms with Crippen molar-refractivity contribution < 1.29 is 0 Å². The van der Waals surface area contributed by atoms with Crippen molar-refractivity contribution in [2.75, 3.05) is 13.1 Å². The predicted molar refractivity (Wildman–Crippen MR) is 96.0 cm³/mol. The molecule has 0 aliphatic rings. The summed E-state index contributed by atoms with van der Waals surface area (Å²) in [6.45, 7) is 10.7. The molecule has 0 heterocycles. The lowest BCUT2D eigenvalue weighted by Crippen LogP contribution is -2.45. The minimum atomic E-state index is -1.65. The van der Waals surface area contributed by atoms with E-state index in [1.54, 1.807) is 0 Å². The van der Waals surface area contributed by atoms with Gasteiger partial charge in [0.1, 0.15) is 0 Å². The van der Waals surface area contributed by atoms with Crippen molar-refractivity contribution in [3.8, 4) is 11.5 Å². The van der Waals surface area contributed by atoms with E-state index in [-0.39, 0.29) is 0 Å². The van der Waals surface area contributed by atoms with Crippen LogP contribution in [0.4, 0.5) is 0 Å². The monoisotopic (exact) mass is 304 g/mol. The van der Waals surface area contributed by atoms with Crippen molar-refractivity contribution >= 4 is 26.5 Å². The highest BCUT2D eigenvalue weighted by Crippen LogP contribution is 2.12. The van der Waals surface area contributed by atoms with Crippen LogP contribution in [0.15, 0.2) is 24.3 Å². The molecule has 20 heavy (non-hydrogen) atoms. The molecule has 2 nitrogen and oxygen atoms in total. The third kappa shape index (κ3) is 4.60. The lowest BCUT2D eigenvalue weighted by molar-refractivity contribution is 0.915. The van der Waals surface area contributed by atoms with Crippen molar-refractivity contribution in [2.45, 2.75) is 38.7 Å². The molecule has 1 aromatic carbocycles. The van der Waals surface area contributed by atoms with E-state index < -0.39 is 16.1 Å². The van der Waals surface area contributed by atoms with Gasteiger partial charge in [0.05, 0.1) is 14.6 Å². The van der Waals surface area contributed by atoms with E-state index in [1.165, 1.54) is 16.4 Å². The second-order valence-corrected chi connectivity index (χ2v) is 15.4. The van der Waals surface area contributed by atoms with E-state index in [1.807, 2.05) is 0 Å². The Kier molecular flexibility index (Phi) is 6.21. The maximum Gasteiger partial charge on any atom is 0.162 e. The SMILES string of the molecule is C[Si](C)(C#CCN)c1ccc([Si](C)(C)CCCN)cc1. The zero-order chi connectivity index (χ0) is 15.2. The Morgan fingerprint density at radius 1 is 0.950 bits per heavy atom. The van der Waals surface area contributed by atoms with E-state index in [9.17, 15) is 0 Å². The molecule has 0 atom stereocenters. The van der Waals surface area contributed by atoms with Crippen LogP contribution >= 0.6 is 0 Å². The van der Waals surface area contributed by atoms with E-state index in [4.69, 9.17) is 11.5 Å². The lowest BCUT2D eigenvalue weighted by Gasteiger charge is -2.24. The van der Waals surface area contributed by atoms with Gasteiger partial charge in [-0.05, 0) is 18.2 Å². The topological polar surface area (TPSA) is 52.0 Å². The van der Waals surface area contributed by atoms with Gasteiger partial charge < -0.3 is 11.5 Å². The third-order valence-electron chi connectivity index (χ3n) is 3.90. The zero-order valence-electron chi connectivity index (χ0n) is 13.3. The molecule has 1 aromatic rings.